The van der Waals surface area contributed by atoms with Crippen molar-refractivity contribution in [3.63, 3.8) is 0 Å². The number of primary amides is 1. The predicted molar refractivity (Wildman–Crippen MR) is 75.3 cm³/mol. The summed E-state index contributed by atoms with van der Waals surface area (Å²) in [4.78, 5) is 14.2. The van der Waals surface area contributed by atoms with Gasteiger partial charge in [0.25, 0.3) is 0 Å². The predicted octanol–water partition coefficient (Wildman–Crippen LogP) is 1.35. The van der Waals surface area contributed by atoms with Gasteiger partial charge in [-0.25, -0.2) is 0 Å². The quantitative estimate of drug-likeness (QED) is 0.753. The second-order valence-electron chi connectivity index (χ2n) is 6.44. The number of nitrogens with zero attached hydrogens (tertiary/aromatic N) is 1. The van der Waals surface area contributed by atoms with Crippen LogP contribution in [0.4, 0.5) is 0 Å². The number of nitrogens with one attached hydrogen (secondary N) is 1. The maximum absolute atomic E-state index is 11.7. The lowest BCUT2D eigenvalue weighted by Gasteiger charge is -2.35. The third kappa shape index (κ3) is 3.95. The van der Waals surface area contributed by atoms with E-state index in [1.54, 1.807) is 0 Å². The van der Waals surface area contributed by atoms with Gasteiger partial charge in [0.15, 0.2) is 0 Å². The summed E-state index contributed by atoms with van der Waals surface area (Å²) in [5.74, 6) is 0.514. The normalized spacial score (nSPS) is 26.2. The van der Waals surface area contributed by atoms with E-state index in [9.17, 15) is 4.79 Å². The summed E-state index contributed by atoms with van der Waals surface area (Å²) in [6.07, 6.45) is 2.03. The van der Waals surface area contributed by atoms with E-state index in [4.69, 9.17) is 5.73 Å². The van der Waals surface area contributed by atoms with Crippen LogP contribution in [0.15, 0.2) is 0 Å². The van der Waals surface area contributed by atoms with E-state index >= 15 is 0 Å². The summed E-state index contributed by atoms with van der Waals surface area (Å²) >= 11 is 0. The molecule has 3 unspecified atom stereocenters. The van der Waals surface area contributed by atoms with Crippen LogP contribution in [-0.4, -0.2) is 41.5 Å². The Balaban J connectivity index is 2.63. The Morgan fingerprint density at radius 3 is 2.50 bits per heavy atom. The molecule has 1 amide bonds. The molecule has 1 aliphatic heterocycles. The molecule has 0 aromatic carbocycles. The van der Waals surface area contributed by atoms with Crippen molar-refractivity contribution in [1.82, 2.24) is 10.2 Å². The zero-order valence-electron chi connectivity index (χ0n) is 12.5. The first-order valence-electron chi connectivity index (χ1n) is 7.06. The molecule has 1 aliphatic rings. The number of amides is 1. The highest BCUT2D eigenvalue weighted by Crippen LogP contribution is 2.23. The second kappa shape index (κ2) is 6.02. The number of hydrogen-bond donors (Lipinski definition) is 2. The third-order valence-corrected chi connectivity index (χ3v) is 3.93. The van der Waals surface area contributed by atoms with E-state index < -0.39 is 5.54 Å². The van der Waals surface area contributed by atoms with Gasteiger partial charge in [0.2, 0.25) is 5.91 Å². The minimum Gasteiger partial charge on any atom is -0.368 e. The number of likely N-dealkylation sites (tertiary alicyclic amines) is 1. The van der Waals surface area contributed by atoms with E-state index in [-0.39, 0.29) is 11.9 Å². The van der Waals surface area contributed by atoms with Gasteiger partial charge >= 0.3 is 0 Å². The van der Waals surface area contributed by atoms with Crippen LogP contribution in [0.1, 0.15) is 47.5 Å². The highest BCUT2D eigenvalue weighted by atomic mass is 16.1. The SMILES string of the molecule is CC1CCN(C(C)CC(C)(NC(C)C)C(N)=O)C1. The van der Waals surface area contributed by atoms with Crippen LogP contribution in [0.2, 0.25) is 0 Å². The van der Waals surface area contributed by atoms with E-state index in [0.717, 1.165) is 25.4 Å². The fourth-order valence-corrected chi connectivity index (χ4v) is 2.96. The first kappa shape index (κ1) is 15.4. The fraction of sp³-hybridized carbons (Fsp3) is 0.929. The van der Waals surface area contributed by atoms with Crippen molar-refractivity contribution in [2.75, 3.05) is 13.1 Å². The molecule has 3 N–H and O–H groups in total. The zero-order valence-corrected chi connectivity index (χ0v) is 12.5. The molecule has 0 bridgehead atoms. The lowest BCUT2D eigenvalue weighted by atomic mass is 9.91. The molecule has 1 heterocycles. The monoisotopic (exact) mass is 255 g/mol. The van der Waals surface area contributed by atoms with Crippen molar-refractivity contribution in [3.8, 4) is 0 Å². The van der Waals surface area contributed by atoms with Gasteiger partial charge < -0.3 is 16.0 Å². The van der Waals surface area contributed by atoms with Gasteiger partial charge in [-0.3, -0.25) is 4.79 Å². The molecule has 18 heavy (non-hydrogen) atoms. The van der Waals surface area contributed by atoms with E-state index in [1.807, 2.05) is 20.8 Å². The molecule has 1 saturated heterocycles. The Morgan fingerprint density at radius 1 is 1.50 bits per heavy atom. The summed E-state index contributed by atoms with van der Waals surface area (Å²) in [5, 5.41) is 3.32. The lowest BCUT2D eigenvalue weighted by molar-refractivity contribution is -0.124. The minimum atomic E-state index is -0.612. The van der Waals surface area contributed by atoms with Crippen molar-refractivity contribution in [3.05, 3.63) is 0 Å². The van der Waals surface area contributed by atoms with E-state index in [0.29, 0.717) is 6.04 Å². The van der Waals surface area contributed by atoms with E-state index in [1.165, 1.54) is 6.42 Å². The van der Waals surface area contributed by atoms with Gasteiger partial charge in [-0.05, 0) is 53.0 Å². The standard InChI is InChI=1S/C14H29N3O/c1-10(2)16-14(5,13(15)18)8-12(4)17-7-6-11(3)9-17/h10-12,16H,6-9H2,1-5H3,(H2,15,18). The van der Waals surface area contributed by atoms with Crippen LogP contribution in [-0.2, 0) is 4.79 Å². The summed E-state index contributed by atoms with van der Waals surface area (Å²) in [5.41, 5.74) is 4.96. The molecule has 0 aromatic heterocycles. The number of carbonyl (C=O) groups excluding carboxylic acids is 1. The van der Waals surface area contributed by atoms with Gasteiger partial charge in [0.05, 0.1) is 5.54 Å². The van der Waals surface area contributed by atoms with Crippen LogP contribution in [0.5, 0.6) is 0 Å². The smallest absolute Gasteiger partial charge is 0.237 e. The molecular formula is C14H29N3O. The summed E-state index contributed by atoms with van der Waals surface area (Å²) in [6, 6.07) is 0.644. The number of carbonyl (C=O) groups is 1. The molecule has 3 atom stereocenters. The summed E-state index contributed by atoms with van der Waals surface area (Å²) in [6.45, 7) is 12.8. The Hall–Kier alpha value is -0.610. The number of nitrogens with two attached hydrogens (primary N) is 1. The first-order valence-corrected chi connectivity index (χ1v) is 7.06. The molecule has 0 spiro atoms. The number of hydrogen-bond acceptors (Lipinski definition) is 3. The Labute approximate surface area is 111 Å². The highest BCUT2D eigenvalue weighted by molar-refractivity contribution is 5.84. The van der Waals surface area contributed by atoms with E-state index in [2.05, 4.69) is 24.1 Å². The second-order valence-corrected chi connectivity index (χ2v) is 6.44. The van der Waals surface area contributed by atoms with Crippen molar-refractivity contribution >= 4 is 5.91 Å². The third-order valence-electron chi connectivity index (χ3n) is 3.93. The molecule has 1 rings (SSSR count). The van der Waals surface area contributed by atoms with Crippen molar-refractivity contribution in [2.24, 2.45) is 11.7 Å². The highest BCUT2D eigenvalue weighted by Gasteiger charge is 2.35. The maximum atomic E-state index is 11.7. The van der Waals surface area contributed by atoms with Crippen molar-refractivity contribution < 1.29 is 4.79 Å². The molecule has 1 fully saturated rings. The lowest BCUT2D eigenvalue weighted by Crippen LogP contribution is -2.58. The van der Waals surface area contributed by atoms with Crippen LogP contribution in [0.25, 0.3) is 0 Å². The summed E-state index contributed by atoms with van der Waals surface area (Å²) < 4.78 is 0. The average Bonchev–Trinajstić information content (AvgIpc) is 2.63. The Bertz CT molecular complexity index is 293. The van der Waals surface area contributed by atoms with Gasteiger partial charge in [-0.15, -0.1) is 0 Å². The molecule has 0 radical (unpaired) electrons. The molecule has 0 aromatic rings. The maximum Gasteiger partial charge on any atom is 0.237 e. The first-order chi connectivity index (χ1) is 8.24. The molecule has 0 aliphatic carbocycles. The van der Waals surface area contributed by atoms with Crippen LogP contribution >= 0.6 is 0 Å². The summed E-state index contributed by atoms with van der Waals surface area (Å²) in [7, 11) is 0. The molecule has 4 heteroatoms. The molecular weight excluding hydrogens is 226 g/mol. The average molecular weight is 255 g/mol. The molecule has 4 nitrogen and oxygen atoms in total. The van der Waals surface area contributed by atoms with Gasteiger partial charge in [-0.1, -0.05) is 6.92 Å². The van der Waals surface area contributed by atoms with Crippen molar-refractivity contribution in [1.29, 1.82) is 0 Å². The van der Waals surface area contributed by atoms with Crippen molar-refractivity contribution in [2.45, 2.75) is 65.1 Å². The Kier molecular flexibility index (Phi) is 5.17. The van der Waals surface area contributed by atoms with Gasteiger partial charge in [-0.2, -0.15) is 0 Å². The largest absolute Gasteiger partial charge is 0.368 e. The number of rotatable bonds is 6. The van der Waals surface area contributed by atoms with Gasteiger partial charge in [0.1, 0.15) is 0 Å². The molecule has 0 saturated carbocycles. The topological polar surface area (TPSA) is 58.4 Å². The van der Waals surface area contributed by atoms with Crippen LogP contribution in [0.3, 0.4) is 0 Å². The Morgan fingerprint density at radius 2 is 2.11 bits per heavy atom. The zero-order chi connectivity index (χ0) is 13.9. The molecule has 106 valence electrons. The van der Waals surface area contributed by atoms with Crippen LogP contribution < -0.4 is 11.1 Å². The minimum absolute atomic E-state index is 0.254. The van der Waals surface area contributed by atoms with Crippen LogP contribution in [0, 0.1) is 5.92 Å². The van der Waals surface area contributed by atoms with Gasteiger partial charge in [0, 0.05) is 18.6 Å². The fourth-order valence-electron chi connectivity index (χ4n) is 2.96.